The molecule has 1 aliphatic rings. The summed E-state index contributed by atoms with van der Waals surface area (Å²) in [5.74, 6) is 0. The lowest BCUT2D eigenvalue weighted by molar-refractivity contribution is -0.0474. The lowest BCUT2D eigenvalue weighted by Gasteiger charge is -2.14. The van der Waals surface area contributed by atoms with E-state index in [1.54, 1.807) is 0 Å². The highest BCUT2D eigenvalue weighted by molar-refractivity contribution is 6.31. The summed E-state index contributed by atoms with van der Waals surface area (Å²) >= 11 is 6.05. The van der Waals surface area contributed by atoms with Crippen LogP contribution in [0, 0.1) is 6.92 Å². The molecule has 3 atom stereocenters. The van der Waals surface area contributed by atoms with Crippen molar-refractivity contribution in [1.82, 2.24) is 0 Å². The molecule has 2 rings (SSSR count). The molecule has 0 N–H and O–H groups in total. The van der Waals surface area contributed by atoms with Crippen LogP contribution >= 0.6 is 11.6 Å². The lowest BCUT2D eigenvalue weighted by atomic mass is 10.1. The molecule has 1 heterocycles. The second-order valence-electron chi connectivity index (χ2n) is 3.32. The Morgan fingerprint density at radius 3 is 2.57 bits per heavy atom. The van der Waals surface area contributed by atoms with Gasteiger partial charge in [-0.05, 0) is 19.9 Å². The van der Waals surface area contributed by atoms with Gasteiger partial charge in [-0.2, -0.15) is 0 Å². The molecule has 1 unspecified atom stereocenters. The fourth-order valence-corrected chi connectivity index (χ4v) is 1.87. The molecule has 1 radical (unpaired) electrons. The summed E-state index contributed by atoms with van der Waals surface area (Å²) in [5, 5.41) is 0.698. The molecule has 0 aliphatic carbocycles. The highest BCUT2D eigenvalue weighted by atomic mass is 35.5. The van der Waals surface area contributed by atoms with Crippen molar-refractivity contribution >= 4 is 11.6 Å². The van der Waals surface area contributed by atoms with Crippen molar-refractivity contribution in [2.24, 2.45) is 0 Å². The predicted molar refractivity (Wildman–Crippen MR) is 55.0 cm³/mol. The average Bonchev–Trinajstić information content (AvgIpc) is 2.46. The molecule has 1 aliphatic heterocycles. The Kier molecular flexibility index (Phi) is 2.77. The van der Waals surface area contributed by atoms with Crippen molar-refractivity contribution in [2.75, 3.05) is 0 Å². The second-order valence-corrected chi connectivity index (χ2v) is 3.73. The summed E-state index contributed by atoms with van der Waals surface area (Å²) in [6, 6.07) is 7.60. The first-order chi connectivity index (χ1) is 6.68. The summed E-state index contributed by atoms with van der Waals surface area (Å²) in [7, 11) is 0. The van der Waals surface area contributed by atoms with E-state index in [1.807, 2.05) is 31.2 Å². The summed E-state index contributed by atoms with van der Waals surface area (Å²) in [6.45, 7) is 5.74. The Morgan fingerprint density at radius 1 is 1.29 bits per heavy atom. The number of benzene rings is 1. The maximum atomic E-state index is 6.05. The molecule has 0 aromatic heterocycles. The summed E-state index contributed by atoms with van der Waals surface area (Å²) in [5.41, 5.74) is 0.943. The molecule has 0 spiro atoms. The van der Waals surface area contributed by atoms with Crippen molar-refractivity contribution < 1.29 is 9.47 Å². The van der Waals surface area contributed by atoms with E-state index in [4.69, 9.17) is 21.1 Å². The second kappa shape index (κ2) is 3.89. The number of ether oxygens (including phenoxy) is 2. The summed E-state index contributed by atoms with van der Waals surface area (Å²) < 4.78 is 11.0. The highest BCUT2D eigenvalue weighted by Gasteiger charge is 2.32. The van der Waals surface area contributed by atoms with Gasteiger partial charge in [0.25, 0.3) is 0 Å². The third-order valence-electron chi connectivity index (χ3n) is 2.25. The van der Waals surface area contributed by atoms with Gasteiger partial charge in [0.15, 0.2) is 6.29 Å². The van der Waals surface area contributed by atoms with E-state index in [-0.39, 0.29) is 18.5 Å². The summed E-state index contributed by atoms with van der Waals surface area (Å²) in [6.07, 6.45) is -0.553. The minimum Gasteiger partial charge on any atom is -0.347 e. The van der Waals surface area contributed by atoms with Gasteiger partial charge in [-0.3, -0.25) is 0 Å². The van der Waals surface area contributed by atoms with Crippen LogP contribution in [-0.4, -0.2) is 12.4 Å². The van der Waals surface area contributed by atoms with E-state index in [0.29, 0.717) is 5.02 Å². The molecule has 75 valence electrons. The summed E-state index contributed by atoms with van der Waals surface area (Å²) in [4.78, 5) is 0. The average molecular weight is 212 g/mol. The van der Waals surface area contributed by atoms with Gasteiger partial charge in [-0.15, -0.1) is 0 Å². The van der Waals surface area contributed by atoms with Crippen molar-refractivity contribution in [1.29, 1.82) is 0 Å². The van der Waals surface area contributed by atoms with Crippen molar-refractivity contribution in [2.45, 2.75) is 25.4 Å². The minimum absolute atomic E-state index is 0.154. The Bertz CT molecular complexity index is 327. The van der Waals surface area contributed by atoms with Crippen LogP contribution in [0.5, 0.6) is 0 Å². The molecule has 0 saturated carbocycles. The van der Waals surface area contributed by atoms with Crippen molar-refractivity contribution in [3.8, 4) is 0 Å². The first-order valence-electron chi connectivity index (χ1n) is 4.57. The monoisotopic (exact) mass is 211 g/mol. The Balaban J connectivity index is 2.27. The topological polar surface area (TPSA) is 18.5 Å². The zero-order valence-corrected chi connectivity index (χ0v) is 8.70. The molecule has 1 aromatic rings. The van der Waals surface area contributed by atoms with Crippen LogP contribution in [0.2, 0.25) is 5.02 Å². The Morgan fingerprint density at radius 2 is 2.00 bits per heavy atom. The van der Waals surface area contributed by atoms with Crippen LogP contribution in [0.4, 0.5) is 0 Å². The molecule has 14 heavy (non-hydrogen) atoms. The van der Waals surface area contributed by atoms with Gasteiger partial charge in [0, 0.05) is 10.6 Å². The number of rotatable bonds is 1. The molecule has 0 amide bonds. The number of halogens is 1. The van der Waals surface area contributed by atoms with E-state index in [2.05, 4.69) is 6.92 Å². The number of hydrogen-bond acceptors (Lipinski definition) is 2. The van der Waals surface area contributed by atoms with Gasteiger partial charge in [-0.1, -0.05) is 29.8 Å². The standard InChI is InChI=1S/C11H12ClO2/c1-7-11(14-8(2)13-7)9-5-3-4-6-10(9)12/h3-8,11H,1H2,2H3/t7-,8?,11+/m1/s1. The van der Waals surface area contributed by atoms with Gasteiger partial charge in [0.2, 0.25) is 0 Å². The molecular formula is C11H12ClO2. The largest absolute Gasteiger partial charge is 0.347 e. The molecule has 3 heteroatoms. The Hall–Kier alpha value is -0.570. The van der Waals surface area contributed by atoms with Crippen LogP contribution in [0.25, 0.3) is 0 Å². The minimum atomic E-state index is -0.209. The molecule has 0 bridgehead atoms. The highest BCUT2D eigenvalue weighted by Crippen LogP contribution is 2.35. The fraction of sp³-hybridized carbons (Fsp3) is 0.364. The van der Waals surface area contributed by atoms with Crippen LogP contribution in [0.15, 0.2) is 24.3 Å². The third kappa shape index (κ3) is 1.78. The van der Waals surface area contributed by atoms with Crippen LogP contribution < -0.4 is 0 Å². The van der Waals surface area contributed by atoms with E-state index < -0.39 is 0 Å². The normalized spacial score (nSPS) is 32.1. The van der Waals surface area contributed by atoms with Crippen LogP contribution in [0.1, 0.15) is 18.6 Å². The third-order valence-corrected chi connectivity index (χ3v) is 2.60. The van der Waals surface area contributed by atoms with Gasteiger partial charge in [0.1, 0.15) is 6.10 Å². The van der Waals surface area contributed by atoms with Gasteiger partial charge in [0.05, 0.1) is 6.10 Å². The Labute approximate surface area is 88.8 Å². The molecule has 1 fully saturated rings. The first-order valence-corrected chi connectivity index (χ1v) is 4.94. The smallest absolute Gasteiger partial charge is 0.156 e. The number of hydrogen-bond donors (Lipinski definition) is 0. The quantitative estimate of drug-likeness (QED) is 0.711. The lowest BCUT2D eigenvalue weighted by Crippen LogP contribution is -2.10. The van der Waals surface area contributed by atoms with E-state index >= 15 is 0 Å². The first kappa shape index (κ1) is 9.97. The molecule has 1 aromatic carbocycles. The van der Waals surface area contributed by atoms with Crippen LogP contribution in [0.3, 0.4) is 0 Å². The molecule has 2 nitrogen and oxygen atoms in total. The SMILES string of the molecule is [CH2][C@H]1OC(C)O[C@@H]1c1ccccc1Cl. The molecule has 1 saturated heterocycles. The maximum absolute atomic E-state index is 6.05. The van der Waals surface area contributed by atoms with Gasteiger partial charge < -0.3 is 9.47 Å². The molecular weight excluding hydrogens is 200 g/mol. The van der Waals surface area contributed by atoms with Crippen LogP contribution in [-0.2, 0) is 9.47 Å². The van der Waals surface area contributed by atoms with Gasteiger partial charge in [-0.25, -0.2) is 0 Å². The zero-order valence-electron chi connectivity index (χ0n) is 7.94. The van der Waals surface area contributed by atoms with Crippen molar-refractivity contribution in [3.63, 3.8) is 0 Å². The van der Waals surface area contributed by atoms with E-state index in [0.717, 1.165) is 5.56 Å². The van der Waals surface area contributed by atoms with Crippen molar-refractivity contribution in [3.05, 3.63) is 41.8 Å². The van der Waals surface area contributed by atoms with E-state index in [9.17, 15) is 0 Å². The van der Waals surface area contributed by atoms with E-state index in [1.165, 1.54) is 0 Å². The zero-order chi connectivity index (χ0) is 10.1. The maximum Gasteiger partial charge on any atom is 0.156 e. The van der Waals surface area contributed by atoms with Gasteiger partial charge >= 0.3 is 0 Å². The fourth-order valence-electron chi connectivity index (χ4n) is 1.62. The predicted octanol–water partition coefficient (Wildman–Crippen LogP) is 2.98.